The molecular weight excluding hydrogens is 288 g/mol. The molecule has 2 N–H and O–H groups in total. The Bertz CT molecular complexity index is 608. The predicted molar refractivity (Wildman–Crippen MR) is 81.6 cm³/mol. The van der Waals surface area contributed by atoms with Crippen LogP contribution in [0.25, 0.3) is 0 Å². The number of amides is 1. The molecule has 1 aromatic heterocycles. The number of carbonyl (C=O) groups excluding carboxylic acids is 1. The Morgan fingerprint density at radius 2 is 2.05 bits per heavy atom. The molecule has 6 heteroatoms. The van der Waals surface area contributed by atoms with E-state index in [1.807, 2.05) is 5.38 Å². The van der Waals surface area contributed by atoms with Crippen molar-refractivity contribution in [1.82, 2.24) is 4.98 Å². The van der Waals surface area contributed by atoms with Gasteiger partial charge in [-0.2, -0.15) is 0 Å². The number of nitrogens with zero attached hydrogens (tertiary/aromatic N) is 1. The van der Waals surface area contributed by atoms with Gasteiger partial charge in [0.1, 0.15) is 0 Å². The molecule has 1 atom stereocenters. The molecule has 5 nitrogen and oxygen atoms in total. The van der Waals surface area contributed by atoms with Crippen molar-refractivity contribution in [1.29, 1.82) is 0 Å². The molecule has 0 aliphatic heterocycles. The molecule has 0 bridgehead atoms. The monoisotopic (exact) mass is 304 g/mol. The summed E-state index contributed by atoms with van der Waals surface area (Å²) in [5.41, 5.74) is 1.38. The van der Waals surface area contributed by atoms with Gasteiger partial charge < -0.3 is 10.4 Å². The Labute approximate surface area is 126 Å². The summed E-state index contributed by atoms with van der Waals surface area (Å²) in [6, 6.07) is 6.87. The number of carboxylic acids is 1. The second-order valence-corrected chi connectivity index (χ2v) is 5.64. The number of carbonyl (C=O) groups is 2. The van der Waals surface area contributed by atoms with Crippen LogP contribution in [0.15, 0.2) is 35.8 Å². The lowest BCUT2D eigenvalue weighted by atomic mass is 10.0. The molecule has 0 radical (unpaired) electrons. The number of carboxylic acid groups (broad SMARTS) is 1. The lowest BCUT2D eigenvalue weighted by Crippen LogP contribution is -2.12. The van der Waals surface area contributed by atoms with E-state index in [4.69, 9.17) is 5.11 Å². The second kappa shape index (κ2) is 6.99. The van der Waals surface area contributed by atoms with Gasteiger partial charge in [-0.25, -0.2) is 4.98 Å². The van der Waals surface area contributed by atoms with E-state index in [9.17, 15) is 9.59 Å². The third-order valence-electron chi connectivity index (χ3n) is 3.11. The summed E-state index contributed by atoms with van der Waals surface area (Å²) in [5.74, 6) is -1.50. The SMILES string of the molecule is CC(C(=O)O)c1ccc(NC(=O)CCc2nccs2)cc1. The van der Waals surface area contributed by atoms with Gasteiger partial charge in [0.05, 0.1) is 10.9 Å². The van der Waals surface area contributed by atoms with E-state index in [1.54, 1.807) is 37.4 Å². The van der Waals surface area contributed by atoms with Crippen LogP contribution in [-0.4, -0.2) is 22.0 Å². The fourth-order valence-corrected chi connectivity index (χ4v) is 2.44. The summed E-state index contributed by atoms with van der Waals surface area (Å²) in [6.45, 7) is 1.63. The topological polar surface area (TPSA) is 79.3 Å². The number of rotatable bonds is 6. The standard InChI is InChI=1S/C15H16N2O3S/c1-10(15(19)20)11-2-4-12(5-3-11)17-13(18)6-7-14-16-8-9-21-14/h2-5,8-10H,6-7H2,1H3,(H,17,18)(H,19,20). The maximum absolute atomic E-state index is 11.8. The zero-order valence-corrected chi connectivity index (χ0v) is 12.4. The summed E-state index contributed by atoms with van der Waals surface area (Å²) in [5, 5.41) is 14.6. The Balaban J connectivity index is 1.88. The fourth-order valence-electron chi connectivity index (χ4n) is 1.82. The van der Waals surface area contributed by atoms with Gasteiger partial charge in [0.15, 0.2) is 0 Å². The highest BCUT2D eigenvalue weighted by atomic mass is 32.1. The number of benzene rings is 1. The Kier molecular flexibility index (Phi) is 5.05. The highest BCUT2D eigenvalue weighted by Crippen LogP contribution is 2.18. The first-order valence-electron chi connectivity index (χ1n) is 6.57. The minimum atomic E-state index is -0.866. The minimum absolute atomic E-state index is 0.0794. The van der Waals surface area contributed by atoms with Crippen molar-refractivity contribution in [3.8, 4) is 0 Å². The summed E-state index contributed by atoms with van der Waals surface area (Å²) in [4.78, 5) is 26.8. The highest BCUT2D eigenvalue weighted by molar-refractivity contribution is 7.09. The molecule has 0 saturated carbocycles. The van der Waals surface area contributed by atoms with Gasteiger partial charge >= 0.3 is 5.97 Å². The van der Waals surface area contributed by atoms with E-state index >= 15 is 0 Å². The van der Waals surface area contributed by atoms with Crippen LogP contribution in [0.1, 0.15) is 29.8 Å². The lowest BCUT2D eigenvalue weighted by molar-refractivity contribution is -0.138. The van der Waals surface area contributed by atoms with Crippen LogP contribution in [0, 0.1) is 0 Å². The molecule has 1 amide bonds. The molecule has 1 aromatic carbocycles. The molecule has 21 heavy (non-hydrogen) atoms. The molecule has 0 aliphatic carbocycles. The van der Waals surface area contributed by atoms with Crippen LogP contribution in [0.4, 0.5) is 5.69 Å². The molecule has 2 rings (SSSR count). The highest BCUT2D eigenvalue weighted by Gasteiger charge is 2.13. The average molecular weight is 304 g/mol. The van der Waals surface area contributed by atoms with Gasteiger partial charge in [0, 0.05) is 30.1 Å². The first-order valence-corrected chi connectivity index (χ1v) is 7.45. The van der Waals surface area contributed by atoms with Crippen LogP contribution < -0.4 is 5.32 Å². The van der Waals surface area contributed by atoms with Gasteiger partial charge in [-0.1, -0.05) is 12.1 Å². The number of nitrogens with one attached hydrogen (secondary N) is 1. The van der Waals surface area contributed by atoms with Crippen molar-refractivity contribution >= 4 is 28.9 Å². The average Bonchev–Trinajstić information content (AvgIpc) is 2.98. The second-order valence-electron chi connectivity index (χ2n) is 4.66. The number of hydrogen-bond donors (Lipinski definition) is 2. The fraction of sp³-hybridized carbons (Fsp3) is 0.267. The summed E-state index contributed by atoms with van der Waals surface area (Å²) < 4.78 is 0. The Hall–Kier alpha value is -2.21. The molecule has 0 aliphatic rings. The first kappa shape index (κ1) is 15.2. The zero-order valence-electron chi connectivity index (χ0n) is 11.6. The van der Waals surface area contributed by atoms with E-state index in [0.29, 0.717) is 24.1 Å². The number of hydrogen-bond acceptors (Lipinski definition) is 4. The number of anilines is 1. The summed E-state index contributed by atoms with van der Waals surface area (Å²) in [6.07, 6.45) is 2.72. The Morgan fingerprint density at radius 1 is 1.33 bits per heavy atom. The molecule has 1 unspecified atom stereocenters. The van der Waals surface area contributed by atoms with E-state index in [-0.39, 0.29) is 5.91 Å². The molecular formula is C15H16N2O3S. The third kappa shape index (κ3) is 4.39. The van der Waals surface area contributed by atoms with Crippen molar-refractivity contribution in [2.45, 2.75) is 25.7 Å². The van der Waals surface area contributed by atoms with Crippen molar-refractivity contribution in [2.75, 3.05) is 5.32 Å². The van der Waals surface area contributed by atoms with E-state index < -0.39 is 11.9 Å². The minimum Gasteiger partial charge on any atom is -0.481 e. The largest absolute Gasteiger partial charge is 0.481 e. The van der Waals surface area contributed by atoms with Crippen molar-refractivity contribution < 1.29 is 14.7 Å². The third-order valence-corrected chi connectivity index (χ3v) is 3.95. The molecule has 110 valence electrons. The molecule has 2 aromatic rings. The number of aliphatic carboxylic acids is 1. The molecule has 0 spiro atoms. The number of aromatic nitrogens is 1. The van der Waals surface area contributed by atoms with Crippen molar-refractivity contribution in [3.63, 3.8) is 0 Å². The molecule has 0 fully saturated rings. The number of thiazole rings is 1. The van der Waals surface area contributed by atoms with Crippen LogP contribution in [-0.2, 0) is 16.0 Å². The molecule has 1 heterocycles. The maximum Gasteiger partial charge on any atom is 0.310 e. The smallest absolute Gasteiger partial charge is 0.310 e. The van der Waals surface area contributed by atoms with Gasteiger partial charge in [0.25, 0.3) is 0 Å². The quantitative estimate of drug-likeness (QED) is 0.860. The van der Waals surface area contributed by atoms with Crippen molar-refractivity contribution in [2.24, 2.45) is 0 Å². The maximum atomic E-state index is 11.8. The van der Waals surface area contributed by atoms with E-state index in [0.717, 1.165) is 5.01 Å². The van der Waals surface area contributed by atoms with Crippen LogP contribution >= 0.6 is 11.3 Å². The lowest BCUT2D eigenvalue weighted by Gasteiger charge is -2.08. The predicted octanol–water partition coefficient (Wildman–Crippen LogP) is 2.90. The van der Waals surface area contributed by atoms with Gasteiger partial charge in [0.2, 0.25) is 5.91 Å². The summed E-state index contributed by atoms with van der Waals surface area (Å²) >= 11 is 1.53. The van der Waals surface area contributed by atoms with Crippen LogP contribution in [0.2, 0.25) is 0 Å². The first-order chi connectivity index (χ1) is 10.1. The molecule has 0 saturated heterocycles. The number of aryl methyl sites for hydroxylation is 1. The van der Waals surface area contributed by atoms with Gasteiger partial charge in [-0.05, 0) is 24.6 Å². The van der Waals surface area contributed by atoms with Crippen LogP contribution in [0.5, 0.6) is 0 Å². The normalized spacial score (nSPS) is 11.9. The zero-order chi connectivity index (χ0) is 15.2. The van der Waals surface area contributed by atoms with E-state index in [1.165, 1.54) is 11.3 Å². The van der Waals surface area contributed by atoms with Crippen LogP contribution in [0.3, 0.4) is 0 Å². The van der Waals surface area contributed by atoms with Gasteiger partial charge in [-0.15, -0.1) is 11.3 Å². The Morgan fingerprint density at radius 3 is 2.62 bits per heavy atom. The van der Waals surface area contributed by atoms with Crippen molar-refractivity contribution in [3.05, 3.63) is 46.4 Å². The van der Waals surface area contributed by atoms with Gasteiger partial charge in [-0.3, -0.25) is 9.59 Å². The summed E-state index contributed by atoms with van der Waals surface area (Å²) in [7, 11) is 0. The van der Waals surface area contributed by atoms with E-state index in [2.05, 4.69) is 10.3 Å².